The van der Waals surface area contributed by atoms with Gasteiger partial charge in [0.05, 0.1) is 32.9 Å². The molecule has 0 radical (unpaired) electrons. The Morgan fingerprint density at radius 1 is 0.821 bits per heavy atom. The van der Waals surface area contributed by atoms with Crippen LogP contribution in [0.2, 0.25) is 0 Å². The Balaban J connectivity index is 2.25. The van der Waals surface area contributed by atoms with Gasteiger partial charge in [-0.1, -0.05) is 24.3 Å². The predicted molar refractivity (Wildman–Crippen MR) is 110 cm³/mol. The first-order valence-electron chi connectivity index (χ1n) is 8.68. The minimum Gasteiger partial charge on any atom is -0.397 e. The molecule has 28 heavy (non-hydrogen) atoms. The zero-order chi connectivity index (χ0) is 20.2. The van der Waals surface area contributed by atoms with Gasteiger partial charge in [0.1, 0.15) is 0 Å². The molecular weight excluding hydrogens is 362 g/mol. The summed E-state index contributed by atoms with van der Waals surface area (Å²) in [4.78, 5) is 51.6. The summed E-state index contributed by atoms with van der Waals surface area (Å²) in [5, 5.41) is -0.0578. The maximum Gasteiger partial charge on any atom is 0.263 e. The van der Waals surface area contributed by atoms with Gasteiger partial charge in [-0.05, 0) is 6.42 Å². The Hall–Kier alpha value is -3.52. The summed E-state index contributed by atoms with van der Waals surface area (Å²) in [5.41, 5.74) is 9.71. The van der Waals surface area contributed by atoms with E-state index in [0.29, 0.717) is 13.0 Å². The fraction of sp³-hybridized carbons (Fsp3) is 0.200. The molecule has 1 aromatic heterocycles. The van der Waals surface area contributed by atoms with E-state index in [-0.39, 0.29) is 50.2 Å². The summed E-state index contributed by atoms with van der Waals surface area (Å²) in [7, 11) is 1.52. The van der Waals surface area contributed by atoms with E-state index in [2.05, 4.69) is 0 Å². The topological polar surface area (TPSA) is 134 Å². The summed E-state index contributed by atoms with van der Waals surface area (Å²) >= 11 is 0. The van der Waals surface area contributed by atoms with Crippen LogP contribution in [0.15, 0.2) is 43.4 Å². The highest BCUT2D eigenvalue weighted by Gasteiger charge is 2.25. The number of hydrogen-bond donors (Lipinski definition) is 2. The van der Waals surface area contributed by atoms with Crippen LogP contribution in [-0.2, 0) is 11.3 Å². The van der Waals surface area contributed by atoms with Crippen molar-refractivity contribution in [3.05, 3.63) is 65.4 Å². The number of hydrogen-bond acceptors (Lipinski definition) is 7. The van der Waals surface area contributed by atoms with Crippen LogP contribution in [0.5, 0.6) is 0 Å². The van der Waals surface area contributed by atoms with Gasteiger partial charge in [-0.3, -0.25) is 23.7 Å². The first-order valence-corrected chi connectivity index (χ1v) is 8.68. The maximum absolute atomic E-state index is 13.0. The average Bonchev–Trinajstić information content (AvgIpc) is 2.94. The summed E-state index contributed by atoms with van der Waals surface area (Å²) in [6, 6.07) is 6.30. The minimum atomic E-state index is -0.623. The van der Waals surface area contributed by atoms with Crippen LogP contribution in [-0.4, -0.2) is 18.3 Å². The summed E-state index contributed by atoms with van der Waals surface area (Å²) in [6.07, 6.45) is 0.435. The minimum absolute atomic E-state index is 0.111. The number of anilines is 2. The first-order chi connectivity index (χ1) is 13.4. The van der Waals surface area contributed by atoms with Gasteiger partial charge in [-0.15, -0.1) is 0 Å². The van der Waals surface area contributed by atoms with Gasteiger partial charge in [-0.2, -0.15) is 0 Å². The van der Waals surface area contributed by atoms with Gasteiger partial charge in [0.25, 0.3) is 11.1 Å². The molecule has 4 rings (SSSR count). The Labute approximate surface area is 157 Å². The third-order valence-electron chi connectivity index (χ3n) is 5.10. The molecule has 4 aromatic rings. The third-order valence-corrected chi connectivity index (χ3v) is 5.10. The van der Waals surface area contributed by atoms with Crippen LogP contribution >= 0.6 is 0 Å². The molecular formula is C20H17N3O5. The second-order valence-electron chi connectivity index (χ2n) is 6.64. The van der Waals surface area contributed by atoms with Crippen molar-refractivity contribution in [3.8, 4) is 0 Å². The molecule has 8 heteroatoms. The van der Waals surface area contributed by atoms with Crippen LogP contribution in [0.4, 0.5) is 11.4 Å². The van der Waals surface area contributed by atoms with E-state index in [0.717, 1.165) is 4.57 Å². The number of methoxy groups -OCH3 is 1. The molecule has 0 fully saturated rings. The monoisotopic (exact) mass is 379 g/mol. The van der Waals surface area contributed by atoms with Gasteiger partial charge in [0.2, 0.25) is 0 Å². The van der Waals surface area contributed by atoms with Crippen molar-refractivity contribution in [1.29, 1.82) is 0 Å². The molecule has 0 aliphatic carbocycles. The Bertz CT molecular complexity index is 1370. The van der Waals surface area contributed by atoms with Crippen molar-refractivity contribution >= 4 is 43.7 Å². The molecule has 1 heterocycles. The van der Waals surface area contributed by atoms with Crippen molar-refractivity contribution in [3.63, 3.8) is 0 Å². The molecule has 0 aliphatic rings. The zero-order valence-electron chi connectivity index (χ0n) is 15.1. The quantitative estimate of drug-likeness (QED) is 0.228. The van der Waals surface area contributed by atoms with E-state index in [1.165, 1.54) is 19.2 Å². The first kappa shape index (κ1) is 17.9. The Morgan fingerprint density at radius 2 is 1.29 bits per heavy atom. The third kappa shape index (κ3) is 2.21. The summed E-state index contributed by atoms with van der Waals surface area (Å²) < 4.78 is 5.97. The number of aromatic nitrogens is 1. The summed E-state index contributed by atoms with van der Waals surface area (Å²) in [6.45, 7) is 0.479. The van der Waals surface area contributed by atoms with Gasteiger partial charge in [0.15, 0.2) is 10.9 Å². The highest BCUT2D eigenvalue weighted by atomic mass is 16.5. The number of nitrogen functional groups attached to an aromatic ring is 2. The van der Waals surface area contributed by atoms with Gasteiger partial charge >= 0.3 is 0 Å². The molecule has 0 unspecified atom stereocenters. The smallest absolute Gasteiger partial charge is 0.263 e. The lowest BCUT2D eigenvalue weighted by Crippen LogP contribution is -2.26. The van der Waals surface area contributed by atoms with E-state index >= 15 is 0 Å². The Morgan fingerprint density at radius 3 is 1.71 bits per heavy atom. The molecule has 0 saturated carbocycles. The number of nitrogens with zero attached hydrogens (tertiary/aromatic N) is 1. The fourth-order valence-electron chi connectivity index (χ4n) is 3.79. The molecule has 0 amide bonds. The second kappa shape index (κ2) is 6.28. The molecule has 0 saturated heterocycles. The average molecular weight is 379 g/mol. The number of rotatable bonds is 4. The van der Waals surface area contributed by atoms with Crippen LogP contribution in [0.25, 0.3) is 32.3 Å². The molecule has 0 bridgehead atoms. The van der Waals surface area contributed by atoms with Crippen LogP contribution < -0.4 is 33.4 Å². The lowest BCUT2D eigenvalue weighted by Gasteiger charge is -2.07. The van der Waals surface area contributed by atoms with E-state index in [1.807, 2.05) is 0 Å². The SMILES string of the molecule is COCCCn1c(=O)c2c(N)c3c(=O)c4ccccc4c(=O)c3c(N)c2c1=O. The lowest BCUT2D eigenvalue weighted by molar-refractivity contribution is 0.190. The molecule has 4 N–H and O–H groups in total. The fourth-order valence-corrected chi connectivity index (χ4v) is 3.79. The number of benzene rings is 3. The van der Waals surface area contributed by atoms with Crippen molar-refractivity contribution in [2.75, 3.05) is 25.2 Å². The van der Waals surface area contributed by atoms with Crippen LogP contribution in [0.3, 0.4) is 0 Å². The van der Waals surface area contributed by atoms with E-state index in [4.69, 9.17) is 16.2 Å². The lowest BCUT2D eigenvalue weighted by atomic mass is 9.97. The largest absolute Gasteiger partial charge is 0.397 e. The molecule has 3 aromatic carbocycles. The van der Waals surface area contributed by atoms with Crippen molar-refractivity contribution in [1.82, 2.24) is 4.57 Å². The zero-order valence-corrected chi connectivity index (χ0v) is 15.1. The van der Waals surface area contributed by atoms with E-state index < -0.39 is 22.0 Å². The van der Waals surface area contributed by atoms with E-state index in [9.17, 15) is 19.2 Å². The predicted octanol–water partition coefficient (Wildman–Crippen LogP) is 0.465. The summed E-state index contributed by atoms with van der Waals surface area (Å²) in [5.74, 6) is 0. The molecule has 0 aliphatic heterocycles. The maximum atomic E-state index is 13.0. The van der Waals surface area contributed by atoms with Crippen molar-refractivity contribution < 1.29 is 4.74 Å². The number of nitrogens with two attached hydrogens (primary N) is 2. The molecule has 142 valence electrons. The highest BCUT2D eigenvalue weighted by molar-refractivity contribution is 6.20. The van der Waals surface area contributed by atoms with Crippen LogP contribution in [0, 0.1) is 0 Å². The van der Waals surface area contributed by atoms with E-state index in [1.54, 1.807) is 12.1 Å². The Kier molecular flexibility index (Phi) is 4.01. The van der Waals surface area contributed by atoms with Gasteiger partial charge < -0.3 is 16.2 Å². The van der Waals surface area contributed by atoms with Crippen molar-refractivity contribution in [2.45, 2.75) is 13.0 Å². The van der Waals surface area contributed by atoms with Crippen LogP contribution in [0.1, 0.15) is 6.42 Å². The molecule has 8 nitrogen and oxygen atoms in total. The standard InChI is InChI=1S/C20H17N3O5/c1-28-8-4-7-23-19(26)13-14(20(23)27)16(22)12-11(15(13)21)17(24)9-5-2-3-6-10(9)18(12)25/h2-3,5-6H,4,7-8,21-22H2,1H3. The highest BCUT2D eigenvalue weighted by Crippen LogP contribution is 2.31. The van der Waals surface area contributed by atoms with Gasteiger partial charge in [-0.25, -0.2) is 0 Å². The van der Waals surface area contributed by atoms with Gasteiger partial charge in [0, 0.05) is 31.0 Å². The molecule has 0 atom stereocenters. The molecule has 0 spiro atoms. The number of ether oxygens (including phenoxy) is 1. The normalized spacial score (nSPS) is 11.8. The van der Waals surface area contributed by atoms with Crippen molar-refractivity contribution in [2.24, 2.45) is 0 Å². The number of fused-ring (bicyclic) bond motifs is 3. The second-order valence-corrected chi connectivity index (χ2v) is 6.64.